The van der Waals surface area contributed by atoms with Gasteiger partial charge in [0, 0.05) is 17.6 Å². The number of alkyl halides is 3. The normalized spacial score (nSPS) is 14.4. The second-order valence-electron chi connectivity index (χ2n) is 4.31. The predicted octanol–water partition coefficient (Wildman–Crippen LogP) is 2.16. The molecule has 9 heteroatoms. The van der Waals surface area contributed by atoms with Gasteiger partial charge in [-0.05, 0) is 31.2 Å². The summed E-state index contributed by atoms with van der Waals surface area (Å²) < 4.78 is 47.9. The summed E-state index contributed by atoms with van der Waals surface area (Å²) in [6, 6.07) is 3.62. The summed E-state index contributed by atoms with van der Waals surface area (Å²) >= 11 is 0. The van der Waals surface area contributed by atoms with Gasteiger partial charge in [-0.1, -0.05) is 0 Å². The Kier molecular flexibility index (Phi) is 5.73. The van der Waals surface area contributed by atoms with Gasteiger partial charge in [0.05, 0.1) is 12.6 Å². The number of anilines is 1. The van der Waals surface area contributed by atoms with Gasteiger partial charge in [-0.25, -0.2) is 9.00 Å². The highest BCUT2D eigenvalue weighted by atomic mass is 32.2. The van der Waals surface area contributed by atoms with Gasteiger partial charge in [0.25, 0.3) is 0 Å². The number of benzene rings is 1. The number of halogens is 3. The highest BCUT2D eigenvalue weighted by Gasteiger charge is 2.37. The molecular formula is C12H15F3N2O3S. The Morgan fingerprint density at radius 1 is 1.38 bits per heavy atom. The number of likely N-dealkylation sites (N-methyl/N-ethyl adjacent to an activating group) is 1. The lowest BCUT2D eigenvalue weighted by Crippen LogP contribution is -2.40. The Labute approximate surface area is 122 Å². The van der Waals surface area contributed by atoms with E-state index in [-0.39, 0.29) is 12.3 Å². The van der Waals surface area contributed by atoms with Crippen molar-refractivity contribution in [3.63, 3.8) is 0 Å². The molecule has 1 aromatic rings. The molecule has 0 fully saturated rings. The standard InChI is InChI=1S/C12H15F3N2O3S/c1-8(7-18)17(2)11(19)16-9-3-5-10(6-4-9)21(20)12(13,14)15/h3-6,8,18H,7H2,1-2H3,(H,16,19). The smallest absolute Gasteiger partial charge is 0.394 e. The Morgan fingerprint density at radius 2 is 1.90 bits per heavy atom. The molecule has 2 amide bonds. The molecule has 0 aliphatic heterocycles. The molecule has 1 aromatic carbocycles. The van der Waals surface area contributed by atoms with Crippen LogP contribution in [0.1, 0.15) is 6.92 Å². The van der Waals surface area contributed by atoms with Crippen LogP contribution in [0.2, 0.25) is 0 Å². The Morgan fingerprint density at radius 3 is 2.33 bits per heavy atom. The Bertz CT molecular complexity index is 519. The molecule has 0 saturated heterocycles. The van der Waals surface area contributed by atoms with Gasteiger partial charge >= 0.3 is 11.5 Å². The molecule has 2 N–H and O–H groups in total. The SMILES string of the molecule is CC(CO)N(C)C(=O)Nc1ccc(S(=O)C(F)(F)F)cc1. The Hall–Kier alpha value is -1.61. The summed E-state index contributed by atoms with van der Waals surface area (Å²) in [5, 5.41) is 11.4. The summed E-state index contributed by atoms with van der Waals surface area (Å²) in [5.74, 6) is 0. The molecule has 0 aliphatic rings. The minimum absolute atomic E-state index is 0.215. The fraction of sp³-hybridized carbons (Fsp3) is 0.417. The molecule has 0 radical (unpaired) electrons. The average molecular weight is 324 g/mol. The number of hydrogen-bond acceptors (Lipinski definition) is 3. The highest BCUT2D eigenvalue weighted by molar-refractivity contribution is 7.86. The number of amides is 2. The number of carbonyl (C=O) groups is 1. The zero-order valence-electron chi connectivity index (χ0n) is 11.3. The summed E-state index contributed by atoms with van der Waals surface area (Å²) in [6.45, 7) is 1.42. The topological polar surface area (TPSA) is 69.6 Å². The van der Waals surface area contributed by atoms with Crippen LogP contribution in [0.25, 0.3) is 0 Å². The maximum absolute atomic E-state index is 12.3. The van der Waals surface area contributed by atoms with Gasteiger partial charge in [-0.15, -0.1) is 0 Å². The molecule has 2 atom stereocenters. The van der Waals surface area contributed by atoms with E-state index in [0.29, 0.717) is 0 Å². The largest absolute Gasteiger partial charge is 0.475 e. The first-order chi connectivity index (χ1) is 9.66. The van der Waals surface area contributed by atoms with Crippen molar-refractivity contribution in [1.29, 1.82) is 0 Å². The molecule has 0 aromatic heterocycles. The lowest BCUT2D eigenvalue weighted by Gasteiger charge is -2.23. The third-order valence-corrected chi connectivity index (χ3v) is 3.90. The van der Waals surface area contributed by atoms with Crippen molar-refractivity contribution in [1.82, 2.24) is 4.90 Å². The van der Waals surface area contributed by atoms with Gasteiger partial charge in [0.1, 0.15) is 0 Å². The minimum Gasteiger partial charge on any atom is -0.394 e. The molecule has 0 aliphatic carbocycles. The first kappa shape index (κ1) is 17.4. The van der Waals surface area contributed by atoms with E-state index in [4.69, 9.17) is 5.11 Å². The number of hydrogen-bond donors (Lipinski definition) is 2. The molecule has 0 bridgehead atoms. The van der Waals surface area contributed by atoms with Crippen molar-refractivity contribution in [2.75, 3.05) is 19.0 Å². The number of nitrogens with zero attached hydrogens (tertiary/aromatic N) is 1. The lowest BCUT2D eigenvalue weighted by molar-refractivity contribution is -0.0384. The zero-order valence-corrected chi connectivity index (χ0v) is 12.2. The maximum atomic E-state index is 12.3. The van der Waals surface area contributed by atoms with Crippen LogP contribution in [0.5, 0.6) is 0 Å². The highest BCUT2D eigenvalue weighted by Crippen LogP contribution is 2.26. The van der Waals surface area contributed by atoms with Gasteiger partial charge in [0.2, 0.25) is 0 Å². The van der Waals surface area contributed by atoms with E-state index in [2.05, 4.69) is 5.32 Å². The van der Waals surface area contributed by atoms with Crippen LogP contribution in [-0.2, 0) is 10.8 Å². The average Bonchev–Trinajstić information content (AvgIpc) is 2.44. The summed E-state index contributed by atoms with van der Waals surface area (Å²) in [4.78, 5) is 12.6. The number of urea groups is 1. The van der Waals surface area contributed by atoms with E-state index in [0.717, 1.165) is 12.1 Å². The molecule has 0 spiro atoms. The van der Waals surface area contributed by atoms with Gasteiger partial charge in [0.15, 0.2) is 10.8 Å². The number of carbonyl (C=O) groups excluding carboxylic acids is 1. The van der Waals surface area contributed by atoms with Crippen LogP contribution < -0.4 is 5.32 Å². The molecule has 118 valence electrons. The van der Waals surface area contributed by atoms with Crippen molar-refractivity contribution in [2.24, 2.45) is 0 Å². The number of aliphatic hydroxyl groups excluding tert-OH is 1. The molecule has 0 heterocycles. The second kappa shape index (κ2) is 6.90. The van der Waals surface area contributed by atoms with Crippen LogP contribution >= 0.6 is 0 Å². The van der Waals surface area contributed by atoms with Crippen molar-refractivity contribution in [3.8, 4) is 0 Å². The molecule has 0 saturated carbocycles. The van der Waals surface area contributed by atoms with E-state index in [9.17, 15) is 22.2 Å². The molecule has 21 heavy (non-hydrogen) atoms. The zero-order chi connectivity index (χ0) is 16.2. The van der Waals surface area contributed by atoms with Crippen LogP contribution in [0.4, 0.5) is 23.7 Å². The van der Waals surface area contributed by atoms with E-state index in [1.807, 2.05) is 0 Å². The van der Waals surface area contributed by atoms with Crippen molar-refractivity contribution < 1.29 is 27.3 Å². The van der Waals surface area contributed by atoms with Gasteiger partial charge < -0.3 is 15.3 Å². The summed E-state index contributed by atoms with van der Waals surface area (Å²) in [6.07, 6.45) is 0. The van der Waals surface area contributed by atoms with Crippen molar-refractivity contribution in [3.05, 3.63) is 24.3 Å². The van der Waals surface area contributed by atoms with Crippen LogP contribution in [0.15, 0.2) is 29.2 Å². The molecular weight excluding hydrogens is 309 g/mol. The van der Waals surface area contributed by atoms with E-state index < -0.39 is 33.3 Å². The number of aliphatic hydroxyl groups is 1. The minimum atomic E-state index is -4.82. The third kappa shape index (κ3) is 4.71. The van der Waals surface area contributed by atoms with E-state index >= 15 is 0 Å². The van der Waals surface area contributed by atoms with E-state index in [1.165, 1.54) is 24.1 Å². The van der Waals surface area contributed by atoms with Gasteiger partial charge in [-0.2, -0.15) is 13.2 Å². The van der Waals surface area contributed by atoms with Crippen LogP contribution in [0.3, 0.4) is 0 Å². The first-order valence-corrected chi connectivity index (χ1v) is 7.05. The number of nitrogens with one attached hydrogen (secondary N) is 1. The maximum Gasteiger partial charge on any atom is 0.475 e. The molecule has 5 nitrogen and oxygen atoms in total. The van der Waals surface area contributed by atoms with E-state index in [1.54, 1.807) is 6.92 Å². The fourth-order valence-electron chi connectivity index (χ4n) is 1.33. The third-order valence-electron chi connectivity index (χ3n) is 2.78. The predicted molar refractivity (Wildman–Crippen MR) is 72.2 cm³/mol. The number of rotatable bonds is 4. The second-order valence-corrected chi connectivity index (χ2v) is 5.78. The molecule has 2 unspecified atom stereocenters. The lowest BCUT2D eigenvalue weighted by atomic mass is 10.3. The summed E-state index contributed by atoms with van der Waals surface area (Å²) in [5.41, 5.74) is -4.55. The Balaban J connectivity index is 2.76. The summed E-state index contributed by atoms with van der Waals surface area (Å²) in [7, 11) is -1.62. The first-order valence-electron chi connectivity index (χ1n) is 5.90. The van der Waals surface area contributed by atoms with Crippen molar-refractivity contribution in [2.45, 2.75) is 23.4 Å². The van der Waals surface area contributed by atoms with Gasteiger partial charge in [-0.3, -0.25) is 0 Å². The fourth-order valence-corrected chi connectivity index (χ4v) is 1.98. The quantitative estimate of drug-likeness (QED) is 0.892. The monoisotopic (exact) mass is 324 g/mol. The van der Waals surface area contributed by atoms with Crippen LogP contribution in [-0.4, -0.2) is 45.5 Å². The van der Waals surface area contributed by atoms with Crippen molar-refractivity contribution >= 4 is 22.5 Å². The van der Waals surface area contributed by atoms with Crippen LogP contribution in [0, 0.1) is 0 Å². The molecule has 1 rings (SSSR count).